The van der Waals surface area contributed by atoms with Gasteiger partial charge in [0.15, 0.2) is 0 Å². The molecule has 0 bridgehead atoms. The highest BCUT2D eigenvalue weighted by atomic mass is 16.2. The minimum Gasteiger partial charge on any atom is -0.339 e. The van der Waals surface area contributed by atoms with Crippen LogP contribution in [0, 0.1) is 6.92 Å². The van der Waals surface area contributed by atoms with E-state index in [0.29, 0.717) is 38.6 Å². The molecule has 1 heterocycles. The van der Waals surface area contributed by atoms with Crippen molar-refractivity contribution in [2.45, 2.75) is 45.1 Å². The summed E-state index contributed by atoms with van der Waals surface area (Å²) in [4.78, 5) is 28.5. The Morgan fingerprint density at radius 3 is 2.33 bits per heavy atom. The molecule has 1 saturated carbocycles. The van der Waals surface area contributed by atoms with Gasteiger partial charge in [-0.05, 0) is 30.9 Å². The van der Waals surface area contributed by atoms with Gasteiger partial charge in [0, 0.05) is 32.2 Å². The van der Waals surface area contributed by atoms with Crippen LogP contribution in [0.2, 0.25) is 0 Å². The Hall–Kier alpha value is -2.04. The summed E-state index contributed by atoms with van der Waals surface area (Å²) >= 11 is 0. The van der Waals surface area contributed by atoms with Crippen molar-refractivity contribution in [3.63, 3.8) is 0 Å². The average molecular weight is 329 g/mol. The van der Waals surface area contributed by atoms with Crippen LogP contribution in [0.25, 0.3) is 0 Å². The largest absolute Gasteiger partial charge is 0.339 e. The molecular weight excluding hydrogens is 302 g/mol. The molecule has 1 aliphatic carbocycles. The lowest BCUT2D eigenvalue weighted by Gasteiger charge is -2.35. The van der Waals surface area contributed by atoms with Crippen LogP contribution in [0.15, 0.2) is 24.3 Å². The van der Waals surface area contributed by atoms with Gasteiger partial charge in [0.1, 0.15) is 0 Å². The number of aryl methyl sites for hydroxylation is 1. The Kier molecular flexibility index (Phi) is 5.38. The van der Waals surface area contributed by atoms with Gasteiger partial charge in [-0.25, -0.2) is 4.79 Å². The molecule has 1 saturated heterocycles. The first-order valence-electron chi connectivity index (χ1n) is 9.01. The van der Waals surface area contributed by atoms with Crippen LogP contribution < -0.4 is 5.32 Å². The van der Waals surface area contributed by atoms with E-state index in [1.165, 1.54) is 12.8 Å². The average Bonchev–Trinajstić information content (AvgIpc) is 3.10. The summed E-state index contributed by atoms with van der Waals surface area (Å²) in [5, 5.41) is 3.12. The molecule has 0 spiro atoms. The minimum atomic E-state index is 0.0351. The van der Waals surface area contributed by atoms with Crippen molar-refractivity contribution in [1.82, 2.24) is 15.1 Å². The Morgan fingerprint density at radius 2 is 1.67 bits per heavy atom. The molecule has 1 aromatic carbocycles. The van der Waals surface area contributed by atoms with Gasteiger partial charge in [-0.3, -0.25) is 4.79 Å². The molecule has 24 heavy (non-hydrogen) atoms. The number of benzene rings is 1. The highest BCUT2D eigenvalue weighted by Crippen LogP contribution is 2.18. The molecule has 5 nitrogen and oxygen atoms in total. The number of hydrogen-bond acceptors (Lipinski definition) is 2. The second-order valence-corrected chi connectivity index (χ2v) is 6.90. The van der Waals surface area contributed by atoms with Crippen LogP contribution in [0.5, 0.6) is 0 Å². The Labute approximate surface area is 144 Å². The normalized spacial score (nSPS) is 18.7. The maximum Gasteiger partial charge on any atom is 0.317 e. The number of piperazine rings is 1. The lowest BCUT2D eigenvalue weighted by Crippen LogP contribution is -2.54. The fourth-order valence-electron chi connectivity index (χ4n) is 3.58. The van der Waals surface area contributed by atoms with E-state index in [0.717, 1.165) is 24.0 Å². The number of carbonyl (C=O) groups is 2. The predicted octanol–water partition coefficient (Wildman–Crippen LogP) is 2.33. The lowest BCUT2D eigenvalue weighted by molar-refractivity contribution is -0.131. The second-order valence-electron chi connectivity index (χ2n) is 6.90. The summed E-state index contributed by atoms with van der Waals surface area (Å²) in [6.07, 6.45) is 5.07. The third-order valence-electron chi connectivity index (χ3n) is 5.21. The monoisotopic (exact) mass is 329 g/mol. The molecule has 0 aromatic heterocycles. The van der Waals surface area contributed by atoms with Gasteiger partial charge < -0.3 is 15.1 Å². The van der Waals surface area contributed by atoms with Crippen LogP contribution in [-0.4, -0.2) is 54.0 Å². The smallest absolute Gasteiger partial charge is 0.317 e. The fourth-order valence-corrected chi connectivity index (χ4v) is 3.58. The molecule has 0 unspecified atom stereocenters. The van der Waals surface area contributed by atoms with Crippen molar-refractivity contribution in [2.24, 2.45) is 0 Å². The fraction of sp³-hybridized carbons (Fsp3) is 0.579. The van der Waals surface area contributed by atoms with Gasteiger partial charge in [0.25, 0.3) is 0 Å². The summed E-state index contributed by atoms with van der Waals surface area (Å²) < 4.78 is 0. The highest BCUT2D eigenvalue weighted by molar-refractivity contribution is 5.80. The maximum atomic E-state index is 12.5. The van der Waals surface area contributed by atoms with Crippen LogP contribution in [-0.2, 0) is 11.2 Å². The Morgan fingerprint density at radius 1 is 1.04 bits per heavy atom. The lowest BCUT2D eigenvalue weighted by atomic mass is 10.1. The van der Waals surface area contributed by atoms with E-state index >= 15 is 0 Å². The molecule has 130 valence electrons. The second kappa shape index (κ2) is 7.69. The summed E-state index contributed by atoms with van der Waals surface area (Å²) in [7, 11) is 0. The SMILES string of the molecule is Cc1ccccc1CC(=O)N1CCN(C(=O)NC2CCCC2)CC1. The highest BCUT2D eigenvalue weighted by Gasteiger charge is 2.26. The molecule has 0 atom stereocenters. The number of hydrogen-bond donors (Lipinski definition) is 1. The molecular formula is C19H27N3O2. The van der Waals surface area contributed by atoms with Crippen molar-refractivity contribution in [1.29, 1.82) is 0 Å². The van der Waals surface area contributed by atoms with Gasteiger partial charge in [-0.2, -0.15) is 0 Å². The van der Waals surface area contributed by atoms with Gasteiger partial charge in [0.05, 0.1) is 6.42 Å². The molecule has 3 rings (SSSR count). The number of amides is 3. The Balaban J connectivity index is 1.46. The summed E-state index contributed by atoms with van der Waals surface area (Å²) in [5.41, 5.74) is 2.24. The molecule has 2 aliphatic rings. The molecule has 2 fully saturated rings. The van der Waals surface area contributed by atoms with Crippen molar-refractivity contribution >= 4 is 11.9 Å². The number of nitrogens with one attached hydrogen (secondary N) is 1. The van der Waals surface area contributed by atoms with E-state index in [1.54, 1.807) is 0 Å². The number of rotatable bonds is 3. The summed E-state index contributed by atoms with van der Waals surface area (Å²) in [5.74, 6) is 0.153. The van der Waals surface area contributed by atoms with Gasteiger partial charge >= 0.3 is 6.03 Å². The van der Waals surface area contributed by atoms with E-state index in [4.69, 9.17) is 0 Å². The van der Waals surface area contributed by atoms with E-state index in [-0.39, 0.29) is 11.9 Å². The third-order valence-corrected chi connectivity index (χ3v) is 5.21. The van der Waals surface area contributed by atoms with Gasteiger partial charge in [-0.1, -0.05) is 37.1 Å². The van der Waals surface area contributed by atoms with Crippen LogP contribution in [0.3, 0.4) is 0 Å². The molecule has 5 heteroatoms. The van der Waals surface area contributed by atoms with Gasteiger partial charge in [-0.15, -0.1) is 0 Å². The Bertz CT molecular complexity index is 588. The zero-order chi connectivity index (χ0) is 16.9. The topological polar surface area (TPSA) is 52.7 Å². The van der Waals surface area contributed by atoms with E-state index in [1.807, 2.05) is 41.0 Å². The number of urea groups is 1. The molecule has 0 radical (unpaired) electrons. The quantitative estimate of drug-likeness (QED) is 0.925. The number of carbonyl (C=O) groups excluding carboxylic acids is 2. The zero-order valence-electron chi connectivity index (χ0n) is 14.5. The van der Waals surface area contributed by atoms with E-state index in [9.17, 15) is 9.59 Å². The first-order chi connectivity index (χ1) is 11.6. The van der Waals surface area contributed by atoms with Crippen molar-refractivity contribution < 1.29 is 9.59 Å². The molecule has 3 amide bonds. The van der Waals surface area contributed by atoms with E-state index in [2.05, 4.69) is 5.32 Å². The minimum absolute atomic E-state index is 0.0351. The van der Waals surface area contributed by atoms with Crippen molar-refractivity contribution in [3.05, 3.63) is 35.4 Å². The summed E-state index contributed by atoms with van der Waals surface area (Å²) in [6, 6.07) is 8.39. The van der Waals surface area contributed by atoms with Crippen molar-refractivity contribution in [3.8, 4) is 0 Å². The number of nitrogens with zero attached hydrogens (tertiary/aromatic N) is 2. The summed E-state index contributed by atoms with van der Waals surface area (Å²) in [6.45, 7) is 4.54. The first-order valence-corrected chi connectivity index (χ1v) is 9.01. The van der Waals surface area contributed by atoms with Crippen LogP contribution in [0.4, 0.5) is 4.79 Å². The van der Waals surface area contributed by atoms with E-state index < -0.39 is 0 Å². The van der Waals surface area contributed by atoms with Crippen molar-refractivity contribution in [2.75, 3.05) is 26.2 Å². The van der Waals surface area contributed by atoms with Crippen LogP contribution >= 0.6 is 0 Å². The molecule has 1 aliphatic heterocycles. The standard InChI is InChI=1S/C19H27N3O2/c1-15-6-2-3-7-16(15)14-18(23)21-10-12-22(13-11-21)19(24)20-17-8-4-5-9-17/h2-3,6-7,17H,4-5,8-14H2,1H3,(H,20,24). The third kappa shape index (κ3) is 4.08. The zero-order valence-corrected chi connectivity index (χ0v) is 14.5. The van der Waals surface area contributed by atoms with Gasteiger partial charge in [0.2, 0.25) is 5.91 Å². The predicted molar refractivity (Wildman–Crippen MR) is 93.8 cm³/mol. The molecule has 1 N–H and O–H groups in total. The molecule has 1 aromatic rings. The van der Waals surface area contributed by atoms with Crippen LogP contribution in [0.1, 0.15) is 36.8 Å². The maximum absolute atomic E-state index is 12.5. The first kappa shape index (κ1) is 16.8.